The third-order valence-electron chi connectivity index (χ3n) is 3.46. The van der Waals surface area contributed by atoms with Gasteiger partial charge >= 0.3 is 0 Å². The summed E-state index contributed by atoms with van der Waals surface area (Å²) < 4.78 is 0. The second kappa shape index (κ2) is 5.98. The van der Waals surface area contributed by atoms with Crippen LogP contribution in [0.4, 0.5) is 5.69 Å². The first-order valence-electron chi connectivity index (χ1n) is 6.41. The van der Waals surface area contributed by atoms with Crippen LogP contribution in [-0.2, 0) is 0 Å². The molecule has 0 bridgehead atoms. The lowest BCUT2D eigenvalue weighted by atomic mass is 10.1. The molecule has 98 valence electrons. The normalized spacial score (nSPS) is 17.7. The van der Waals surface area contributed by atoms with E-state index < -0.39 is 0 Å². The number of benzene rings is 1. The van der Waals surface area contributed by atoms with Crippen LogP contribution in [0.2, 0.25) is 0 Å². The summed E-state index contributed by atoms with van der Waals surface area (Å²) in [4.78, 5) is 16.6. The Bertz CT molecular complexity index is 394. The van der Waals surface area contributed by atoms with E-state index in [0.717, 1.165) is 37.4 Å². The van der Waals surface area contributed by atoms with Crippen LogP contribution in [-0.4, -0.2) is 62.4 Å². The number of nitrogens with zero attached hydrogens (tertiary/aromatic N) is 2. The molecule has 0 radical (unpaired) electrons. The van der Waals surface area contributed by atoms with Crippen molar-refractivity contribution in [1.82, 2.24) is 9.80 Å². The molecular weight excluding hydrogens is 226 g/mol. The third kappa shape index (κ3) is 3.31. The van der Waals surface area contributed by atoms with Gasteiger partial charge in [-0.15, -0.1) is 0 Å². The average molecular weight is 247 g/mol. The molecule has 4 nitrogen and oxygen atoms in total. The molecule has 0 unspecified atom stereocenters. The summed E-state index contributed by atoms with van der Waals surface area (Å²) in [6, 6.07) is 7.67. The zero-order valence-electron chi connectivity index (χ0n) is 11.1. The van der Waals surface area contributed by atoms with Gasteiger partial charge in [0.25, 0.3) is 0 Å². The molecular formula is C14H21N3O. The lowest BCUT2D eigenvalue weighted by molar-refractivity contribution is 0.0876. The molecule has 4 heteroatoms. The van der Waals surface area contributed by atoms with E-state index in [9.17, 15) is 4.79 Å². The number of rotatable bonds is 4. The Hall–Kier alpha value is -1.39. The second-order valence-electron chi connectivity index (χ2n) is 4.83. The highest BCUT2D eigenvalue weighted by Gasteiger charge is 2.17. The first kappa shape index (κ1) is 13.1. The maximum Gasteiger partial charge on any atom is 0.176 e. The molecule has 0 saturated carbocycles. The molecule has 2 rings (SSSR count). The zero-order chi connectivity index (χ0) is 13.0. The van der Waals surface area contributed by atoms with Gasteiger partial charge in [0.2, 0.25) is 0 Å². The Morgan fingerprint density at radius 1 is 1.17 bits per heavy atom. The number of likely N-dealkylation sites (N-methyl/N-ethyl adjacent to an activating group) is 1. The fraction of sp³-hybridized carbons (Fsp3) is 0.500. The number of anilines is 1. The van der Waals surface area contributed by atoms with E-state index in [2.05, 4.69) is 22.2 Å². The van der Waals surface area contributed by atoms with Crippen LogP contribution in [0, 0.1) is 0 Å². The van der Waals surface area contributed by atoms with Gasteiger partial charge in [0.1, 0.15) is 0 Å². The highest BCUT2D eigenvalue weighted by Crippen LogP contribution is 2.10. The zero-order valence-corrected chi connectivity index (χ0v) is 11.1. The molecule has 0 atom stereocenters. The minimum atomic E-state index is 0.210. The molecule has 1 aliphatic rings. The molecule has 1 aromatic carbocycles. The summed E-state index contributed by atoms with van der Waals surface area (Å²) in [7, 11) is 4.00. The molecule has 0 aromatic heterocycles. The maximum atomic E-state index is 12.1. The first-order valence-corrected chi connectivity index (χ1v) is 6.41. The van der Waals surface area contributed by atoms with Crippen LogP contribution < -0.4 is 5.32 Å². The van der Waals surface area contributed by atoms with Crippen LogP contribution in [0.3, 0.4) is 0 Å². The molecule has 18 heavy (non-hydrogen) atoms. The Morgan fingerprint density at radius 2 is 1.78 bits per heavy atom. The quantitative estimate of drug-likeness (QED) is 0.810. The van der Waals surface area contributed by atoms with Gasteiger partial charge in [0, 0.05) is 44.5 Å². The SMILES string of the molecule is CNc1ccc(C(=O)CN2CCN(C)CC2)cc1. The largest absolute Gasteiger partial charge is 0.388 e. The van der Waals surface area contributed by atoms with E-state index in [4.69, 9.17) is 0 Å². The standard InChI is InChI=1S/C14H21N3O/c1-15-13-5-3-12(4-6-13)14(18)11-17-9-7-16(2)8-10-17/h3-6,15H,7-11H2,1-2H3. The Morgan fingerprint density at radius 3 is 2.33 bits per heavy atom. The van der Waals surface area contributed by atoms with Crippen molar-refractivity contribution < 1.29 is 4.79 Å². The molecule has 1 saturated heterocycles. The van der Waals surface area contributed by atoms with Gasteiger partial charge in [0.05, 0.1) is 6.54 Å². The van der Waals surface area contributed by atoms with Gasteiger partial charge in [-0.1, -0.05) is 0 Å². The highest BCUT2D eigenvalue weighted by atomic mass is 16.1. The number of hydrogen-bond acceptors (Lipinski definition) is 4. The number of Topliss-reactive ketones (excluding diaryl/α,β-unsaturated/α-hetero) is 1. The number of hydrogen-bond donors (Lipinski definition) is 1. The Balaban J connectivity index is 1.90. The van der Waals surface area contributed by atoms with Crippen LogP contribution in [0.15, 0.2) is 24.3 Å². The van der Waals surface area contributed by atoms with Gasteiger partial charge < -0.3 is 10.2 Å². The van der Waals surface area contributed by atoms with Crippen LogP contribution in [0.5, 0.6) is 0 Å². The summed E-state index contributed by atoms with van der Waals surface area (Å²) in [6.07, 6.45) is 0. The van der Waals surface area contributed by atoms with E-state index in [1.807, 2.05) is 31.3 Å². The van der Waals surface area contributed by atoms with Crippen molar-refractivity contribution in [2.45, 2.75) is 0 Å². The summed E-state index contributed by atoms with van der Waals surface area (Å²) >= 11 is 0. The van der Waals surface area contributed by atoms with E-state index in [0.29, 0.717) is 6.54 Å². The molecule has 0 aliphatic carbocycles. The Labute approximate surface area is 109 Å². The molecule has 1 aromatic rings. The second-order valence-corrected chi connectivity index (χ2v) is 4.83. The van der Waals surface area contributed by atoms with Gasteiger partial charge in [0.15, 0.2) is 5.78 Å². The summed E-state index contributed by atoms with van der Waals surface area (Å²) in [5.74, 6) is 0.210. The van der Waals surface area contributed by atoms with Crippen molar-refractivity contribution >= 4 is 11.5 Å². The maximum absolute atomic E-state index is 12.1. The smallest absolute Gasteiger partial charge is 0.176 e. The lowest BCUT2D eigenvalue weighted by Crippen LogP contribution is -2.46. The number of piperazine rings is 1. The molecule has 1 N–H and O–H groups in total. The summed E-state index contributed by atoms with van der Waals surface area (Å²) in [5.41, 5.74) is 1.83. The minimum absolute atomic E-state index is 0.210. The van der Waals surface area contributed by atoms with Gasteiger partial charge in [-0.25, -0.2) is 0 Å². The predicted octanol–water partition coefficient (Wildman–Crippen LogP) is 1.16. The minimum Gasteiger partial charge on any atom is -0.388 e. The van der Waals surface area contributed by atoms with E-state index in [-0.39, 0.29) is 5.78 Å². The molecule has 1 heterocycles. The van der Waals surface area contributed by atoms with Crippen LogP contribution in [0.25, 0.3) is 0 Å². The third-order valence-corrected chi connectivity index (χ3v) is 3.46. The number of carbonyl (C=O) groups is 1. The molecule has 1 aliphatic heterocycles. The fourth-order valence-electron chi connectivity index (χ4n) is 2.12. The van der Waals surface area contributed by atoms with Gasteiger partial charge in [-0.2, -0.15) is 0 Å². The van der Waals surface area contributed by atoms with Crippen molar-refractivity contribution in [3.05, 3.63) is 29.8 Å². The van der Waals surface area contributed by atoms with Crippen molar-refractivity contribution in [1.29, 1.82) is 0 Å². The highest BCUT2D eigenvalue weighted by molar-refractivity contribution is 5.97. The number of nitrogens with one attached hydrogen (secondary N) is 1. The van der Waals surface area contributed by atoms with Crippen molar-refractivity contribution in [3.63, 3.8) is 0 Å². The number of carbonyl (C=O) groups excluding carboxylic acids is 1. The average Bonchev–Trinajstić information content (AvgIpc) is 2.41. The molecule has 0 amide bonds. The molecule has 0 spiro atoms. The molecule has 1 fully saturated rings. The van der Waals surface area contributed by atoms with E-state index >= 15 is 0 Å². The topological polar surface area (TPSA) is 35.6 Å². The van der Waals surface area contributed by atoms with Gasteiger partial charge in [-0.05, 0) is 31.3 Å². The van der Waals surface area contributed by atoms with E-state index in [1.54, 1.807) is 0 Å². The van der Waals surface area contributed by atoms with Crippen molar-refractivity contribution in [2.24, 2.45) is 0 Å². The summed E-state index contributed by atoms with van der Waals surface area (Å²) in [6.45, 7) is 4.60. The fourth-order valence-corrected chi connectivity index (χ4v) is 2.12. The monoisotopic (exact) mass is 247 g/mol. The van der Waals surface area contributed by atoms with Gasteiger partial charge in [-0.3, -0.25) is 9.69 Å². The van der Waals surface area contributed by atoms with Crippen molar-refractivity contribution in [2.75, 3.05) is 52.1 Å². The van der Waals surface area contributed by atoms with Crippen molar-refractivity contribution in [3.8, 4) is 0 Å². The van der Waals surface area contributed by atoms with E-state index in [1.165, 1.54) is 0 Å². The predicted molar refractivity (Wildman–Crippen MR) is 74.3 cm³/mol. The first-order chi connectivity index (χ1) is 8.69. The summed E-state index contributed by atoms with van der Waals surface area (Å²) in [5, 5.41) is 3.05. The van der Waals surface area contributed by atoms with Crippen LogP contribution in [0.1, 0.15) is 10.4 Å². The Kier molecular flexibility index (Phi) is 4.33. The lowest BCUT2D eigenvalue weighted by Gasteiger charge is -2.31. The number of ketones is 1. The van der Waals surface area contributed by atoms with Crippen LogP contribution >= 0.6 is 0 Å².